The first kappa shape index (κ1) is 14.0. The quantitative estimate of drug-likeness (QED) is 0.717. The highest BCUT2D eigenvalue weighted by Gasteiger charge is 2.04. The number of aliphatic hydroxyl groups excluding tert-OH is 1. The van der Waals surface area contributed by atoms with E-state index in [2.05, 4.69) is 6.07 Å². The number of aliphatic hydroxyl groups is 1. The zero-order valence-electron chi connectivity index (χ0n) is 10.8. The van der Waals surface area contributed by atoms with Crippen molar-refractivity contribution in [3.8, 4) is 5.75 Å². The Hall–Kier alpha value is -1.06. The van der Waals surface area contributed by atoms with Crippen LogP contribution in [0, 0.1) is 6.92 Å². The molecule has 0 heterocycles. The van der Waals surface area contributed by atoms with Crippen LogP contribution in [0.15, 0.2) is 18.2 Å². The van der Waals surface area contributed by atoms with Crippen LogP contribution in [0.4, 0.5) is 0 Å². The van der Waals surface area contributed by atoms with E-state index in [1.165, 1.54) is 0 Å². The summed E-state index contributed by atoms with van der Waals surface area (Å²) in [7, 11) is 0. The van der Waals surface area contributed by atoms with Crippen LogP contribution in [0.1, 0.15) is 43.4 Å². The fourth-order valence-corrected chi connectivity index (χ4v) is 1.69. The Morgan fingerprint density at radius 3 is 2.65 bits per heavy atom. The van der Waals surface area contributed by atoms with E-state index in [4.69, 9.17) is 15.6 Å². The van der Waals surface area contributed by atoms with Crippen molar-refractivity contribution in [3.63, 3.8) is 0 Å². The van der Waals surface area contributed by atoms with Gasteiger partial charge in [-0.05, 0) is 50.3 Å². The molecular weight excluding hydrogens is 214 g/mol. The van der Waals surface area contributed by atoms with Crippen molar-refractivity contribution in [1.29, 1.82) is 0 Å². The number of hydrogen-bond donors (Lipinski definition) is 2. The maximum Gasteiger partial charge on any atom is 0.122 e. The van der Waals surface area contributed by atoms with Gasteiger partial charge in [0.2, 0.25) is 0 Å². The van der Waals surface area contributed by atoms with Crippen LogP contribution < -0.4 is 10.5 Å². The zero-order valence-corrected chi connectivity index (χ0v) is 10.8. The van der Waals surface area contributed by atoms with Gasteiger partial charge in [0, 0.05) is 12.6 Å². The highest BCUT2D eigenvalue weighted by molar-refractivity contribution is 5.37. The summed E-state index contributed by atoms with van der Waals surface area (Å²) in [5, 5.41) is 8.66. The topological polar surface area (TPSA) is 55.5 Å². The zero-order chi connectivity index (χ0) is 12.7. The number of hydrogen-bond acceptors (Lipinski definition) is 3. The van der Waals surface area contributed by atoms with Crippen molar-refractivity contribution in [2.45, 2.75) is 39.2 Å². The second-order valence-corrected chi connectivity index (χ2v) is 4.45. The van der Waals surface area contributed by atoms with E-state index in [0.29, 0.717) is 6.61 Å². The number of nitrogens with two attached hydrogens (primary N) is 1. The molecule has 0 aliphatic heterocycles. The van der Waals surface area contributed by atoms with Gasteiger partial charge in [0.1, 0.15) is 5.75 Å². The molecular formula is C14H23NO2. The highest BCUT2D eigenvalue weighted by atomic mass is 16.5. The Labute approximate surface area is 104 Å². The summed E-state index contributed by atoms with van der Waals surface area (Å²) in [6.07, 6.45) is 2.84. The lowest BCUT2D eigenvalue weighted by Gasteiger charge is -2.12. The molecule has 0 saturated carbocycles. The van der Waals surface area contributed by atoms with Crippen LogP contribution in [0.3, 0.4) is 0 Å². The van der Waals surface area contributed by atoms with Crippen molar-refractivity contribution >= 4 is 0 Å². The van der Waals surface area contributed by atoms with Gasteiger partial charge in [-0.15, -0.1) is 0 Å². The molecule has 0 aromatic heterocycles. The van der Waals surface area contributed by atoms with Crippen molar-refractivity contribution in [2.75, 3.05) is 13.2 Å². The largest absolute Gasteiger partial charge is 0.493 e. The molecule has 0 bridgehead atoms. The molecule has 1 atom stereocenters. The number of unbranched alkanes of at least 4 members (excludes halogenated alkanes) is 2. The van der Waals surface area contributed by atoms with Crippen molar-refractivity contribution < 1.29 is 9.84 Å². The summed E-state index contributed by atoms with van der Waals surface area (Å²) in [5.74, 6) is 0.929. The molecule has 96 valence electrons. The van der Waals surface area contributed by atoms with Gasteiger partial charge in [-0.1, -0.05) is 12.1 Å². The van der Waals surface area contributed by atoms with E-state index in [-0.39, 0.29) is 12.6 Å². The van der Waals surface area contributed by atoms with Gasteiger partial charge in [-0.2, -0.15) is 0 Å². The van der Waals surface area contributed by atoms with Crippen LogP contribution in [0.25, 0.3) is 0 Å². The molecule has 0 aliphatic carbocycles. The second kappa shape index (κ2) is 7.30. The number of benzene rings is 1. The summed E-state index contributed by atoms with van der Waals surface area (Å²) in [6, 6.07) is 6.14. The van der Waals surface area contributed by atoms with Crippen LogP contribution in [0.5, 0.6) is 5.75 Å². The first-order valence-electron chi connectivity index (χ1n) is 6.25. The van der Waals surface area contributed by atoms with Crippen molar-refractivity contribution in [1.82, 2.24) is 0 Å². The average Bonchev–Trinajstić information content (AvgIpc) is 2.30. The Bertz CT molecular complexity index is 337. The lowest BCUT2D eigenvalue weighted by molar-refractivity contribution is 0.265. The number of rotatable bonds is 7. The molecule has 0 saturated heterocycles. The lowest BCUT2D eigenvalue weighted by atomic mass is 10.1. The maximum absolute atomic E-state index is 8.66. The Balaban J connectivity index is 2.43. The minimum Gasteiger partial charge on any atom is -0.493 e. The van der Waals surface area contributed by atoms with Gasteiger partial charge in [-0.3, -0.25) is 0 Å². The summed E-state index contributed by atoms with van der Waals surface area (Å²) < 4.78 is 5.70. The standard InChI is InChI=1S/C14H23NO2/c1-11-10-13(12(2)15)6-7-14(11)17-9-5-3-4-8-16/h6-7,10,12,16H,3-5,8-9,15H2,1-2H3/t12-/m0/s1. The van der Waals surface area contributed by atoms with E-state index in [1.54, 1.807) is 0 Å². The molecule has 3 N–H and O–H groups in total. The Kier molecular flexibility index (Phi) is 6.01. The fourth-order valence-electron chi connectivity index (χ4n) is 1.69. The third kappa shape index (κ3) is 4.75. The van der Waals surface area contributed by atoms with Crippen LogP contribution in [-0.2, 0) is 0 Å². The van der Waals surface area contributed by atoms with Crippen molar-refractivity contribution in [3.05, 3.63) is 29.3 Å². The van der Waals surface area contributed by atoms with Gasteiger partial charge in [0.25, 0.3) is 0 Å². The van der Waals surface area contributed by atoms with Crippen LogP contribution in [-0.4, -0.2) is 18.3 Å². The molecule has 17 heavy (non-hydrogen) atoms. The summed E-state index contributed by atoms with van der Waals surface area (Å²) in [4.78, 5) is 0. The monoisotopic (exact) mass is 237 g/mol. The first-order chi connectivity index (χ1) is 8.15. The Morgan fingerprint density at radius 2 is 2.06 bits per heavy atom. The fraction of sp³-hybridized carbons (Fsp3) is 0.571. The summed E-state index contributed by atoms with van der Waals surface area (Å²) in [6.45, 7) is 4.99. The first-order valence-corrected chi connectivity index (χ1v) is 6.25. The number of aryl methyl sites for hydroxylation is 1. The van der Waals surface area contributed by atoms with E-state index in [0.717, 1.165) is 36.1 Å². The predicted molar refractivity (Wildman–Crippen MR) is 70.2 cm³/mol. The summed E-state index contributed by atoms with van der Waals surface area (Å²) in [5.41, 5.74) is 8.08. The molecule has 0 spiro atoms. The smallest absolute Gasteiger partial charge is 0.122 e. The second-order valence-electron chi connectivity index (χ2n) is 4.45. The molecule has 1 aromatic carbocycles. The van der Waals surface area contributed by atoms with Gasteiger partial charge < -0.3 is 15.6 Å². The van der Waals surface area contributed by atoms with Crippen LogP contribution >= 0.6 is 0 Å². The molecule has 0 aliphatic rings. The van der Waals surface area contributed by atoms with Gasteiger partial charge >= 0.3 is 0 Å². The molecule has 0 fully saturated rings. The summed E-state index contributed by atoms with van der Waals surface area (Å²) >= 11 is 0. The van der Waals surface area contributed by atoms with Gasteiger partial charge in [-0.25, -0.2) is 0 Å². The molecule has 1 aromatic rings. The molecule has 0 amide bonds. The number of ether oxygens (including phenoxy) is 1. The van der Waals surface area contributed by atoms with E-state index >= 15 is 0 Å². The van der Waals surface area contributed by atoms with E-state index in [1.807, 2.05) is 26.0 Å². The third-order valence-corrected chi connectivity index (χ3v) is 2.78. The predicted octanol–water partition coefficient (Wildman–Crippen LogP) is 2.56. The van der Waals surface area contributed by atoms with Gasteiger partial charge in [0.15, 0.2) is 0 Å². The molecule has 1 rings (SSSR count). The normalized spacial score (nSPS) is 12.5. The van der Waals surface area contributed by atoms with Crippen LogP contribution in [0.2, 0.25) is 0 Å². The average molecular weight is 237 g/mol. The Morgan fingerprint density at radius 1 is 1.29 bits per heavy atom. The molecule has 3 heteroatoms. The minimum atomic E-state index is 0.0623. The molecule has 0 unspecified atom stereocenters. The van der Waals surface area contributed by atoms with E-state index < -0.39 is 0 Å². The van der Waals surface area contributed by atoms with Gasteiger partial charge in [0.05, 0.1) is 6.61 Å². The maximum atomic E-state index is 8.66. The van der Waals surface area contributed by atoms with E-state index in [9.17, 15) is 0 Å². The molecule has 0 radical (unpaired) electrons. The minimum absolute atomic E-state index is 0.0623. The highest BCUT2D eigenvalue weighted by Crippen LogP contribution is 2.22. The SMILES string of the molecule is Cc1cc([C@H](C)N)ccc1OCCCCCO. The third-order valence-electron chi connectivity index (χ3n) is 2.78. The lowest BCUT2D eigenvalue weighted by Crippen LogP contribution is -2.06. The molecule has 3 nitrogen and oxygen atoms in total. The van der Waals surface area contributed by atoms with Crippen molar-refractivity contribution in [2.24, 2.45) is 5.73 Å².